The van der Waals surface area contributed by atoms with Crippen molar-refractivity contribution in [2.45, 2.75) is 66.3 Å². The van der Waals surface area contributed by atoms with E-state index in [1.807, 2.05) is 0 Å². The molecule has 0 aliphatic heterocycles. The lowest BCUT2D eigenvalue weighted by molar-refractivity contribution is 0.306. The zero-order valence-corrected chi connectivity index (χ0v) is 14.5. The first-order chi connectivity index (χ1) is 9.96. The second-order valence-corrected chi connectivity index (χ2v) is 7.03. The van der Waals surface area contributed by atoms with E-state index in [9.17, 15) is 0 Å². The standard InChI is InChI=1S/C19H33NO/c1-6-8-9-14-21-17-12-10-16(11-13-17)18(7-2)20-15-19(3,4)5/h10-13,18,20H,6-9,14-15H2,1-5H3. The van der Waals surface area contributed by atoms with E-state index < -0.39 is 0 Å². The summed E-state index contributed by atoms with van der Waals surface area (Å²) in [5.74, 6) is 0.987. The highest BCUT2D eigenvalue weighted by atomic mass is 16.5. The van der Waals surface area contributed by atoms with Crippen molar-refractivity contribution in [3.05, 3.63) is 29.8 Å². The van der Waals surface area contributed by atoms with Crippen molar-refractivity contribution in [1.82, 2.24) is 5.32 Å². The first-order valence-corrected chi connectivity index (χ1v) is 8.42. The van der Waals surface area contributed by atoms with Crippen molar-refractivity contribution in [1.29, 1.82) is 0 Å². The van der Waals surface area contributed by atoms with Crippen LogP contribution < -0.4 is 10.1 Å². The minimum atomic E-state index is 0.315. The Bertz CT molecular complexity index is 378. The second kappa shape index (κ2) is 9.09. The lowest BCUT2D eigenvalue weighted by Crippen LogP contribution is -2.30. The fourth-order valence-electron chi connectivity index (χ4n) is 2.27. The maximum absolute atomic E-state index is 5.77. The Kier molecular flexibility index (Phi) is 7.81. The zero-order chi connectivity index (χ0) is 15.7. The average Bonchev–Trinajstić information content (AvgIpc) is 2.44. The van der Waals surface area contributed by atoms with E-state index in [0.717, 1.165) is 31.7 Å². The van der Waals surface area contributed by atoms with Gasteiger partial charge in [0, 0.05) is 12.6 Å². The van der Waals surface area contributed by atoms with Gasteiger partial charge in [-0.1, -0.05) is 59.6 Å². The molecule has 0 aliphatic rings. The minimum absolute atomic E-state index is 0.315. The number of hydrogen-bond donors (Lipinski definition) is 1. The molecule has 1 aromatic carbocycles. The van der Waals surface area contributed by atoms with Gasteiger partial charge in [0.05, 0.1) is 6.61 Å². The number of rotatable bonds is 9. The van der Waals surface area contributed by atoms with Gasteiger partial charge in [-0.2, -0.15) is 0 Å². The highest BCUT2D eigenvalue weighted by Gasteiger charge is 2.14. The molecule has 1 atom stereocenters. The number of nitrogens with one attached hydrogen (secondary N) is 1. The monoisotopic (exact) mass is 291 g/mol. The van der Waals surface area contributed by atoms with E-state index in [4.69, 9.17) is 4.74 Å². The van der Waals surface area contributed by atoms with Crippen LogP contribution in [0.5, 0.6) is 5.75 Å². The summed E-state index contributed by atoms with van der Waals surface area (Å²) in [5.41, 5.74) is 1.66. The van der Waals surface area contributed by atoms with Gasteiger partial charge in [-0.3, -0.25) is 0 Å². The SMILES string of the molecule is CCCCCOc1ccc(C(CC)NCC(C)(C)C)cc1. The minimum Gasteiger partial charge on any atom is -0.494 e. The fraction of sp³-hybridized carbons (Fsp3) is 0.684. The Labute approximate surface area is 131 Å². The van der Waals surface area contributed by atoms with Gasteiger partial charge in [0.2, 0.25) is 0 Å². The molecule has 1 N–H and O–H groups in total. The molecule has 0 fully saturated rings. The van der Waals surface area contributed by atoms with Crippen LogP contribution in [0.4, 0.5) is 0 Å². The molecule has 1 aromatic rings. The molecular weight excluding hydrogens is 258 g/mol. The summed E-state index contributed by atoms with van der Waals surface area (Å²) >= 11 is 0. The molecule has 0 radical (unpaired) electrons. The van der Waals surface area contributed by atoms with E-state index in [1.165, 1.54) is 18.4 Å². The molecule has 0 aromatic heterocycles. The van der Waals surface area contributed by atoms with Gasteiger partial charge >= 0.3 is 0 Å². The molecule has 21 heavy (non-hydrogen) atoms. The Morgan fingerprint density at radius 1 is 1.05 bits per heavy atom. The van der Waals surface area contributed by atoms with Crippen LogP contribution in [-0.2, 0) is 0 Å². The van der Waals surface area contributed by atoms with Gasteiger partial charge in [0.25, 0.3) is 0 Å². The number of benzene rings is 1. The largest absolute Gasteiger partial charge is 0.494 e. The maximum Gasteiger partial charge on any atom is 0.119 e. The van der Waals surface area contributed by atoms with Gasteiger partial charge in [-0.15, -0.1) is 0 Å². The Hall–Kier alpha value is -1.02. The van der Waals surface area contributed by atoms with Crippen LogP contribution in [0.15, 0.2) is 24.3 Å². The molecule has 0 heterocycles. The third-order valence-corrected chi connectivity index (χ3v) is 3.59. The molecule has 0 saturated carbocycles. The molecule has 0 spiro atoms. The van der Waals surface area contributed by atoms with Crippen LogP contribution >= 0.6 is 0 Å². The molecule has 2 heteroatoms. The van der Waals surface area contributed by atoms with Crippen LogP contribution in [-0.4, -0.2) is 13.2 Å². The molecule has 1 unspecified atom stereocenters. The Balaban J connectivity index is 2.50. The summed E-state index contributed by atoms with van der Waals surface area (Å²) in [6.45, 7) is 13.1. The first-order valence-electron chi connectivity index (χ1n) is 8.42. The molecule has 2 nitrogen and oxygen atoms in total. The third-order valence-electron chi connectivity index (χ3n) is 3.59. The third kappa shape index (κ3) is 7.52. The van der Waals surface area contributed by atoms with Crippen LogP contribution in [0, 0.1) is 5.41 Å². The van der Waals surface area contributed by atoms with Crippen molar-refractivity contribution in [3.8, 4) is 5.75 Å². The average molecular weight is 291 g/mol. The van der Waals surface area contributed by atoms with Crippen molar-refractivity contribution in [2.24, 2.45) is 5.41 Å². The molecule has 0 amide bonds. The molecule has 0 bridgehead atoms. The summed E-state index contributed by atoms with van der Waals surface area (Å²) < 4.78 is 5.77. The Morgan fingerprint density at radius 2 is 1.71 bits per heavy atom. The number of hydrogen-bond acceptors (Lipinski definition) is 2. The van der Waals surface area contributed by atoms with Crippen LogP contribution in [0.1, 0.15) is 71.9 Å². The van der Waals surface area contributed by atoms with Gasteiger partial charge < -0.3 is 10.1 Å². The summed E-state index contributed by atoms with van der Waals surface area (Å²) in [5, 5.41) is 3.66. The van der Waals surface area contributed by atoms with Gasteiger partial charge in [-0.25, -0.2) is 0 Å². The molecule has 120 valence electrons. The normalized spacial score (nSPS) is 13.2. The quantitative estimate of drug-likeness (QED) is 0.620. The van der Waals surface area contributed by atoms with Crippen molar-refractivity contribution >= 4 is 0 Å². The summed E-state index contributed by atoms with van der Waals surface area (Å²) in [4.78, 5) is 0. The summed E-state index contributed by atoms with van der Waals surface area (Å²) in [6.07, 6.45) is 4.72. The summed E-state index contributed by atoms with van der Waals surface area (Å²) in [7, 11) is 0. The highest BCUT2D eigenvalue weighted by Crippen LogP contribution is 2.22. The van der Waals surface area contributed by atoms with Crippen LogP contribution in [0.3, 0.4) is 0 Å². The van der Waals surface area contributed by atoms with E-state index in [0.29, 0.717) is 11.5 Å². The van der Waals surface area contributed by atoms with E-state index in [-0.39, 0.29) is 0 Å². The molecular formula is C19H33NO. The lowest BCUT2D eigenvalue weighted by atomic mass is 9.95. The predicted molar refractivity (Wildman–Crippen MR) is 92.0 cm³/mol. The molecule has 1 rings (SSSR count). The lowest BCUT2D eigenvalue weighted by Gasteiger charge is -2.24. The van der Waals surface area contributed by atoms with Gasteiger partial charge in [-0.05, 0) is 36.0 Å². The highest BCUT2D eigenvalue weighted by molar-refractivity contribution is 5.29. The van der Waals surface area contributed by atoms with Crippen molar-refractivity contribution in [2.75, 3.05) is 13.2 Å². The Morgan fingerprint density at radius 3 is 2.24 bits per heavy atom. The van der Waals surface area contributed by atoms with Crippen LogP contribution in [0.25, 0.3) is 0 Å². The zero-order valence-electron chi connectivity index (χ0n) is 14.5. The van der Waals surface area contributed by atoms with E-state index in [2.05, 4.69) is 64.2 Å². The van der Waals surface area contributed by atoms with Crippen molar-refractivity contribution < 1.29 is 4.74 Å². The van der Waals surface area contributed by atoms with Gasteiger partial charge in [0.1, 0.15) is 5.75 Å². The number of ether oxygens (including phenoxy) is 1. The molecule has 0 saturated heterocycles. The van der Waals surface area contributed by atoms with Crippen molar-refractivity contribution in [3.63, 3.8) is 0 Å². The van der Waals surface area contributed by atoms with Gasteiger partial charge in [0.15, 0.2) is 0 Å². The summed E-state index contributed by atoms with van der Waals surface area (Å²) in [6, 6.07) is 9.02. The predicted octanol–water partition coefficient (Wildman–Crippen LogP) is 5.34. The maximum atomic E-state index is 5.77. The second-order valence-electron chi connectivity index (χ2n) is 7.03. The van der Waals surface area contributed by atoms with E-state index >= 15 is 0 Å². The smallest absolute Gasteiger partial charge is 0.119 e. The number of unbranched alkanes of at least 4 members (excludes halogenated alkanes) is 2. The first kappa shape index (κ1) is 18.0. The topological polar surface area (TPSA) is 21.3 Å². The fourth-order valence-corrected chi connectivity index (χ4v) is 2.27. The molecule has 0 aliphatic carbocycles. The van der Waals surface area contributed by atoms with Crippen LogP contribution in [0.2, 0.25) is 0 Å². The van der Waals surface area contributed by atoms with E-state index in [1.54, 1.807) is 0 Å².